The van der Waals surface area contributed by atoms with Gasteiger partial charge in [0.15, 0.2) is 0 Å². The maximum Gasteiger partial charge on any atom is 0.148 e. The highest BCUT2D eigenvalue weighted by atomic mass is 15.0. The van der Waals surface area contributed by atoms with Crippen molar-refractivity contribution in [2.45, 2.75) is 13.8 Å². The summed E-state index contributed by atoms with van der Waals surface area (Å²) in [6.45, 7) is 3.80. The summed E-state index contributed by atoms with van der Waals surface area (Å²) in [5.74, 6) is 0.515. The van der Waals surface area contributed by atoms with Crippen LogP contribution in [0.3, 0.4) is 0 Å². The first-order valence-corrected chi connectivity index (χ1v) is 5.79. The van der Waals surface area contributed by atoms with Crippen LogP contribution >= 0.6 is 0 Å². The third-order valence-electron chi connectivity index (χ3n) is 2.77. The summed E-state index contributed by atoms with van der Waals surface area (Å²) >= 11 is 0. The van der Waals surface area contributed by atoms with Crippen LogP contribution in [0.25, 0.3) is 0 Å². The van der Waals surface area contributed by atoms with Gasteiger partial charge in [-0.25, -0.2) is 4.98 Å². The molecule has 4 nitrogen and oxygen atoms in total. The molecule has 0 saturated carbocycles. The summed E-state index contributed by atoms with van der Waals surface area (Å²) in [4.78, 5) is 4.32. The van der Waals surface area contributed by atoms with Crippen LogP contribution in [-0.2, 0) is 0 Å². The van der Waals surface area contributed by atoms with Gasteiger partial charge in [-0.3, -0.25) is 0 Å². The molecule has 1 heterocycles. The van der Waals surface area contributed by atoms with Crippen molar-refractivity contribution < 1.29 is 0 Å². The van der Waals surface area contributed by atoms with E-state index in [9.17, 15) is 0 Å². The van der Waals surface area contributed by atoms with Gasteiger partial charge in [-0.15, -0.1) is 0 Å². The van der Waals surface area contributed by atoms with E-state index in [0.29, 0.717) is 16.9 Å². The highest BCUT2D eigenvalue weighted by Crippen LogP contribution is 2.23. The highest BCUT2D eigenvalue weighted by molar-refractivity contribution is 5.66. The normalized spacial score (nSPS) is 9.47. The number of aryl methyl sites for hydroxylation is 2. The minimum absolute atomic E-state index is 0.479. The van der Waals surface area contributed by atoms with Gasteiger partial charge in [-0.2, -0.15) is 10.5 Å². The number of anilines is 2. The van der Waals surface area contributed by atoms with Crippen molar-refractivity contribution in [3.05, 3.63) is 52.7 Å². The Labute approximate surface area is 112 Å². The maximum absolute atomic E-state index is 9.08. The summed E-state index contributed by atoms with van der Waals surface area (Å²) in [5.41, 5.74) is 3.65. The number of benzene rings is 1. The molecule has 0 fully saturated rings. The van der Waals surface area contributed by atoms with Crippen LogP contribution in [-0.4, -0.2) is 4.98 Å². The molecule has 0 aliphatic rings. The van der Waals surface area contributed by atoms with Crippen molar-refractivity contribution in [3.8, 4) is 12.1 Å². The molecule has 19 heavy (non-hydrogen) atoms. The molecule has 0 atom stereocenters. The van der Waals surface area contributed by atoms with Gasteiger partial charge in [0.2, 0.25) is 0 Å². The zero-order valence-corrected chi connectivity index (χ0v) is 10.7. The Bertz CT molecular complexity index is 705. The highest BCUT2D eigenvalue weighted by Gasteiger charge is 2.07. The van der Waals surface area contributed by atoms with E-state index in [1.165, 1.54) is 0 Å². The smallest absolute Gasteiger partial charge is 0.148 e. The number of nitrogens with zero attached hydrogens (tertiary/aromatic N) is 3. The Morgan fingerprint density at radius 2 is 1.84 bits per heavy atom. The molecule has 4 heteroatoms. The van der Waals surface area contributed by atoms with Gasteiger partial charge in [0.25, 0.3) is 0 Å². The Morgan fingerprint density at radius 3 is 2.53 bits per heavy atom. The van der Waals surface area contributed by atoms with E-state index in [1.54, 1.807) is 24.3 Å². The van der Waals surface area contributed by atoms with Gasteiger partial charge in [0.05, 0.1) is 17.2 Å². The van der Waals surface area contributed by atoms with Crippen LogP contribution in [0, 0.1) is 36.5 Å². The van der Waals surface area contributed by atoms with Crippen LogP contribution < -0.4 is 5.32 Å². The van der Waals surface area contributed by atoms with Crippen molar-refractivity contribution in [3.63, 3.8) is 0 Å². The molecule has 2 rings (SSSR count). The van der Waals surface area contributed by atoms with E-state index in [1.807, 2.05) is 19.9 Å². The zero-order chi connectivity index (χ0) is 13.8. The number of nitriles is 2. The van der Waals surface area contributed by atoms with Crippen LogP contribution in [0.4, 0.5) is 11.5 Å². The average Bonchev–Trinajstić information content (AvgIpc) is 2.41. The lowest BCUT2D eigenvalue weighted by molar-refractivity contribution is 1.18. The second kappa shape index (κ2) is 5.20. The zero-order valence-electron chi connectivity index (χ0n) is 10.7. The molecule has 1 aromatic heterocycles. The molecule has 0 unspecified atom stereocenters. The van der Waals surface area contributed by atoms with Crippen molar-refractivity contribution in [2.75, 3.05) is 5.32 Å². The number of rotatable bonds is 2. The first-order valence-electron chi connectivity index (χ1n) is 5.79. The van der Waals surface area contributed by atoms with E-state index in [2.05, 4.69) is 22.4 Å². The number of aromatic nitrogens is 1. The van der Waals surface area contributed by atoms with Gasteiger partial charge in [0.1, 0.15) is 11.9 Å². The number of hydrogen-bond donors (Lipinski definition) is 1. The fourth-order valence-electron chi connectivity index (χ4n) is 1.70. The predicted molar refractivity (Wildman–Crippen MR) is 72.9 cm³/mol. The lowest BCUT2D eigenvalue weighted by Crippen LogP contribution is -2.00. The largest absolute Gasteiger partial charge is 0.339 e. The summed E-state index contributed by atoms with van der Waals surface area (Å²) in [5, 5.41) is 21.1. The maximum atomic E-state index is 9.08. The van der Waals surface area contributed by atoms with Gasteiger partial charge in [-0.05, 0) is 43.7 Å². The second-order valence-corrected chi connectivity index (χ2v) is 4.23. The third kappa shape index (κ3) is 2.70. The Morgan fingerprint density at radius 1 is 1.05 bits per heavy atom. The Hall–Kier alpha value is -2.85. The lowest BCUT2D eigenvalue weighted by atomic mass is 10.1. The van der Waals surface area contributed by atoms with Crippen molar-refractivity contribution in [1.29, 1.82) is 10.5 Å². The van der Waals surface area contributed by atoms with E-state index in [0.717, 1.165) is 16.9 Å². The first kappa shape index (κ1) is 12.6. The monoisotopic (exact) mass is 248 g/mol. The van der Waals surface area contributed by atoms with Crippen LogP contribution in [0.1, 0.15) is 22.4 Å². The lowest BCUT2D eigenvalue weighted by Gasteiger charge is -2.11. The summed E-state index contributed by atoms with van der Waals surface area (Å²) < 4.78 is 0. The minimum atomic E-state index is 0.479. The average molecular weight is 248 g/mol. The SMILES string of the molecule is Cc1ccc(C#N)c(Nc2cc(C#N)ccc2C)n1. The second-order valence-electron chi connectivity index (χ2n) is 4.23. The molecule has 0 aliphatic heterocycles. The predicted octanol–water partition coefficient (Wildman–Crippen LogP) is 3.19. The van der Waals surface area contributed by atoms with Crippen LogP contribution in [0.5, 0.6) is 0 Å². The molecule has 0 aliphatic carbocycles. The first-order chi connectivity index (χ1) is 9.13. The molecule has 0 radical (unpaired) electrons. The molecule has 92 valence electrons. The quantitative estimate of drug-likeness (QED) is 0.885. The van der Waals surface area contributed by atoms with Gasteiger partial charge in [0, 0.05) is 11.4 Å². The number of pyridine rings is 1. The molecule has 2 aromatic rings. The Kier molecular flexibility index (Phi) is 3.45. The van der Waals surface area contributed by atoms with Crippen LogP contribution in [0.2, 0.25) is 0 Å². The molecular weight excluding hydrogens is 236 g/mol. The van der Waals surface area contributed by atoms with Crippen LogP contribution in [0.15, 0.2) is 30.3 Å². The summed E-state index contributed by atoms with van der Waals surface area (Å²) in [6, 6.07) is 13.1. The topological polar surface area (TPSA) is 72.5 Å². The minimum Gasteiger partial charge on any atom is -0.339 e. The third-order valence-corrected chi connectivity index (χ3v) is 2.77. The summed E-state index contributed by atoms with van der Waals surface area (Å²) in [6.07, 6.45) is 0. The van der Waals surface area contributed by atoms with Gasteiger partial charge >= 0.3 is 0 Å². The molecule has 1 aromatic carbocycles. The molecule has 0 saturated heterocycles. The summed E-state index contributed by atoms with van der Waals surface area (Å²) in [7, 11) is 0. The van der Waals surface area contributed by atoms with Crippen molar-refractivity contribution in [1.82, 2.24) is 4.98 Å². The number of nitrogens with one attached hydrogen (secondary N) is 1. The fraction of sp³-hybridized carbons (Fsp3) is 0.133. The van der Waals surface area contributed by atoms with Crippen molar-refractivity contribution >= 4 is 11.5 Å². The van der Waals surface area contributed by atoms with Crippen molar-refractivity contribution in [2.24, 2.45) is 0 Å². The van der Waals surface area contributed by atoms with E-state index < -0.39 is 0 Å². The van der Waals surface area contributed by atoms with E-state index in [4.69, 9.17) is 10.5 Å². The molecule has 0 spiro atoms. The number of hydrogen-bond acceptors (Lipinski definition) is 4. The molecule has 0 bridgehead atoms. The standard InChI is InChI=1S/C15H12N4/c1-10-3-5-12(8-16)7-14(10)19-15-13(9-17)6-4-11(2)18-15/h3-7H,1-2H3,(H,18,19). The molecule has 0 amide bonds. The Balaban J connectivity index is 2.45. The van der Waals surface area contributed by atoms with E-state index in [-0.39, 0.29) is 0 Å². The van der Waals surface area contributed by atoms with Gasteiger partial charge < -0.3 is 5.32 Å². The molecule has 1 N–H and O–H groups in total. The fourth-order valence-corrected chi connectivity index (χ4v) is 1.70. The van der Waals surface area contributed by atoms with E-state index >= 15 is 0 Å². The van der Waals surface area contributed by atoms with Gasteiger partial charge in [-0.1, -0.05) is 6.07 Å². The molecular formula is C15H12N4.